The van der Waals surface area contributed by atoms with Crippen molar-refractivity contribution < 1.29 is 32.7 Å². The summed E-state index contributed by atoms with van der Waals surface area (Å²) in [5, 5.41) is 1.43. The van der Waals surface area contributed by atoms with E-state index in [2.05, 4.69) is 0 Å². The number of carbonyl (C=O) groups excluding carboxylic acids is 2. The standard InChI is InChI=1S/C19H30NO7PS/c1-7-20(8-2)16(14-12-11-13-29-14)15(18(21)24-5)17(19(22)25-6)28(23,26-9-3)27-10-4/h11-13,16H,7-10H2,1-6H3/b17-15-. The molecule has 0 fully saturated rings. The third-order valence-electron chi connectivity index (χ3n) is 4.17. The molecule has 0 aliphatic heterocycles. The number of hydrogen-bond donors (Lipinski definition) is 0. The van der Waals surface area contributed by atoms with Crippen molar-refractivity contribution in [1.29, 1.82) is 0 Å². The first-order valence-corrected chi connectivity index (χ1v) is 11.8. The average molecular weight is 447 g/mol. The summed E-state index contributed by atoms with van der Waals surface area (Å²) in [6, 6.07) is 3.01. The molecule has 1 heterocycles. The minimum Gasteiger partial charge on any atom is -0.466 e. The molecular weight excluding hydrogens is 417 g/mol. The van der Waals surface area contributed by atoms with Gasteiger partial charge >= 0.3 is 19.5 Å². The number of carbonyl (C=O) groups is 2. The Bertz CT molecular complexity index is 734. The molecule has 0 radical (unpaired) electrons. The maximum Gasteiger partial charge on any atom is 0.369 e. The Labute approximate surface area is 176 Å². The third-order valence-corrected chi connectivity index (χ3v) is 7.27. The van der Waals surface area contributed by atoms with Gasteiger partial charge < -0.3 is 18.5 Å². The van der Waals surface area contributed by atoms with Gasteiger partial charge in [-0.2, -0.15) is 0 Å². The van der Waals surface area contributed by atoms with E-state index in [0.29, 0.717) is 13.1 Å². The minimum absolute atomic E-state index is 0.0150. The Morgan fingerprint density at radius 3 is 1.97 bits per heavy atom. The number of hydrogen-bond acceptors (Lipinski definition) is 9. The van der Waals surface area contributed by atoms with E-state index in [1.54, 1.807) is 13.8 Å². The van der Waals surface area contributed by atoms with Crippen molar-refractivity contribution in [2.75, 3.05) is 40.5 Å². The van der Waals surface area contributed by atoms with Gasteiger partial charge in [0, 0.05) is 4.88 Å². The molecule has 0 bridgehead atoms. The van der Waals surface area contributed by atoms with Gasteiger partial charge in [0.1, 0.15) is 0 Å². The lowest BCUT2D eigenvalue weighted by Gasteiger charge is -2.32. The molecule has 1 rings (SSSR count). The van der Waals surface area contributed by atoms with Crippen molar-refractivity contribution in [2.45, 2.75) is 33.7 Å². The van der Waals surface area contributed by atoms with Crippen molar-refractivity contribution in [1.82, 2.24) is 4.90 Å². The summed E-state index contributed by atoms with van der Waals surface area (Å²) in [6.07, 6.45) is 0. The highest BCUT2D eigenvalue weighted by Crippen LogP contribution is 2.59. The number of esters is 2. The summed E-state index contributed by atoms with van der Waals surface area (Å²) in [5.74, 6) is -1.75. The Balaban J connectivity index is 3.99. The summed E-state index contributed by atoms with van der Waals surface area (Å²) in [4.78, 5) is 28.5. The van der Waals surface area contributed by atoms with Gasteiger partial charge in [-0.3, -0.25) is 9.46 Å². The SMILES string of the molecule is CCOP(=O)(OCC)/C(C(=O)OC)=C(\C(=O)OC)C(c1cccs1)N(CC)CC. The second kappa shape index (κ2) is 12.2. The molecule has 0 saturated heterocycles. The maximum absolute atomic E-state index is 13.6. The van der Waals surface area contributed by atoms with Crippen LogP contribution in [0.3, 0.4) is 0 Å². The van der Waals surface area contributed by atoms with Gasteiger partial charge in [-0.05, 0) is 38.4 Å². The first-order chi connectivity index (χ1) is 13.8. The highest BCUT2D eigenvalue weighted by molar-refractivity contribution is 7.60. The van der Waals surface area contributed by atoms with E-state index >= 15 is 0 Å². The molecule has 1 aromatic heterocycles. The maximum atomic E-state index is 13.6. The quantitative estimate of drug-likeness (QED) is 0.270. The molecule has 0 N–H and O–H groups in total. The van der Waals surface area contributed by atoms with E-state index in [9.17, 15) is 14.2 Å². The van der Waals surface area contributed by atoms with Crippen LogP contribution < -0.4 is 0 Å². The normalized spacial score (nSPS) is 13.8. The summed E-state index contributed by atoms with van der Waals surface area (Å²) < 4.78 is 34.3. The van der Waals surface area contributed by atoms with Crippen molar-refractivity contribution in [2.24, 2.45) is 0 Å². The van der Waals surface area contributed by atoms with Gasteiger partial charge in [-0.25, -0.2) is 9.59 Å². The van der Waals surface area contributed by atoms with E-state index in [1.165, 1.54) is 18.4 Å². The molecular formula is C19H30NO7PS. The van der Waals surface area contributed by atoms with E-state index in [4.69, 9.17) is 18.5 Å². The predicted octanol–water partition coefficient (Wildman–Crippen LogP) is 4.00. The second-order valence-corrected chi connectivity index (χ2v) is 8.66. The van der Waals surface area contributed by atoms with Crippen LogP contribution in [0.2, 0.25) is 0 Å². The molecule has 0 aromatic carbocycles. The number of nitrogens with zero attached hydrogens (tertiary/aromatic N) is 1. The molecule has 1 atom stereocenters. The van der Waals surface area contributed by atoms with Gasteiger partial charge in [0.05, 0.1) is 39.0 Å². The lowest BCUT2D eigenvalue weighted by molar-refractivity contribution is -0.139. The van der Waals surface area contributed by atoms with Crippen LogP contribution in [0.5, 0.6) is 0 Å². The van der Waals surface area contributed by atoms with Gasteiger partial charge in [-0.15, -0.1) is 11.3 Å². The zero-order chi connectivity index (χ0) is 22.0. The first kappa shape index (κ1) is 25.5. The van der Waals surface area contributed by atoms with Crippen LogP contribution >= 0.6 is 18.9 Å². The number of rotatable bonds is 12. The molecule has 0 spiro atoms. The fourth-order valence-corrected chi connectivity index (χ4v) is 5.66. The fraction of sp³-hybridized carbons (Fsp3) is 0.579. The van der Waals surface area contributed by atoms with E-state index < -0.39 is 30.9 Å². The Morgan fingerprint density at radius 2 is 1.59 bits per heavy atom. The molecule has 1 aromatic rings. The number of likely N-dealkylation sites (N-methyl/N-ethyl adjacent to an activating group) is 1. The minimum atomic E-state index is -4.16. The molecule has 0 saturated carbocycles. The van der Waals surface area contributed by atoms with Crippen LogP contribution in [0.25, 0.3) is 0 Å². The van der Waals surface area contributed by atoms with Gasteiger partial charge in [0.2, 0.25) is 0 Å². The molecule has 8 nitrogen and oxygen atoms in total. The lowest BCUT2D eigenvalue weighted by Crippen LogP contribution is -2.34. The van der Waals surface area contributed by atoms with Crippen molar-refractivity contribution >= 4 is 30.9 Å². The van der Waals surface area contributed by atoms with Crippen LogP contribution in [-0.4, -0.2) is 57.4 Å². The number of methoxy groups -OCH3 is 2. The van der Waals surface area contributed by atoms with Crippen molar-refractivity contribution in [3.63, 3.8) is 0 Å². The zero-order valence-electron chi connectivity index (χ0n) is 17.8. The Morgan fingerprint density at radius 1 is 1.03 bits per heavy atom. The highest BCUT2D eigenvalue weighted by Gasteiger charge is 2.45. The molecule has 10 heteroatoms. The van der Waals surface area contributed by atoms with Crippen LogP contribution in [0.4, 0.5) is 0 Å². The van der Waals surface area contributed by atoms with Crippen LogP contribution in [0.15, 0.2) is 28.4 Å². The smallest absolute Gasteiger partial charge is 0.369 e. The third kappa shape index (κ3) is 5.99. The molecule has 1 unspecified atom stereocenters. The van der Waals surface area contributed by atoms with Crippen LogP contribution in [-0.2, 0) is 32.7 Å². The lowest BCUT2D eigenvalue weighted by atomic mass is 10.0. The Kier molecular flexibility index (Phi) is 10.8. The fourth-order valence-electron chi connectivity index (χ4n) is 2.96. The topological polar surface area (TPSA) is 91.4 Å². The van der Waals surface area contributed by atoms with Crippen LogP contribution in [0.1, 0.15) is 38.6 Å². The Hall–Kier alpha value is -1.51. The summed E-state index contributed by atoms with van der Waals surface area (Å²) in [6.45, 7) is 8.29. The number of thiophene rings is 1. The van der Waals surface area contributed by atoms with Crippen LogP contribution in [0, 0.1) is 0 Å². The van der Waals surface area contributed by atoms with E-state index in [-0.39, 0.29) is 18.8 Å². The van der Waals surface area contributed by atoms with Gasteiger partial charge in [-0.1, -0.05) is 19.9 Å². The highest BCUT2D eigenvalue weighted by atomic mass is 32.1. The average Bonchev–Trinajstić information content (AvgIpc) is 3.24. The molecule has 0 amide bonds. The van der Waals surface area contributed by atoms with E-state index in [1.807, 2.05) is 36.3 Å². The van der Waals surface area contributed by atoms with E-state index in [0.717, 1.165) is 12.0 Å². The first-order valence-electron chi connectivity index (χ1n) is 9.42. The van der Waals surface area contributed by atoms with Gasteiger partial charge in [0.15, 0.2) is 5.31 Å². The summed E-state index contributed by atoms with van der Waals surface area (Å²) in [5.41, 5.74) is -0.101. The van der Waals surface area contributed by atoms with Gasteiger partial charge in [0.25, 0.3) is 0 Å². The summed E-state index contributed by atoms with van der Waals surface area (Å²) in [7, 11) is -1.80. The van der Waals surface area contributed by atoms with Crippen molar-refractivity contribution in [3.8, 4) is 0 Å². The number of ether oxygens (including phenoxy) is 2. The van der Waals surface area contributed by atoms with Crippen molar-refractivity contribution in [3.05, 3.63) is 33.3 Å². The largest absolute Gasteiger partial charge is 0.466 e. The monoisotopic (exact) mass is 447 g/mol. The molecule has 164 valence electrons. The predicted molar refractivity (Wildman–Crippen MR) is 112 cm³/mol. The zero-order valence-corrected chi connectivity index (χ0v) is 19.5. The molecule has 29 heavy (non-hydrogen) atoms. The summed E-state index contributed by atoms with van der Waals surface area (Å²) >= 11 is 1.41. The molecule has 0 aliphatic carbocycles. The molecule has 0 aliphatic rings. The second-order valence-electron chi connectivity index (χ2n) is 5.72.